The highest BCUT2D eigenvalue weighted by molar-refractivity contribution is 5.74. The average Bonchev–Trinajstić information content (AvgIpc) is 2.69. The van der Waals surface area contributed by atoms with E-state index in [0.29, 0.717) is 37.9 Å². The van der Waals surface area contributed by atoms with E-state index in [0.717, 1.165) is 0 Å². The summed E-state index contributed by atoms with van der Waals surface area (Å²) in [7, 11) is 0. The van der Waals surface area contributed by atoms with Gasteiger partial charge in [0.25, 0.3) is 0 Å². The van der Waals surface area contributed by atoms with Crippen molar-refractivity contribution in [2.45, 2.75) is 31.4 Å². The standard InChI is InChI=1S/C15H21FN2O3/c16-13-5-2-1-4-12(13)10-17-14(20)18-8-3-6-15(21,11-19)7-9-18/h1-2,4-5,19,21H,3,6-11H2,(H,17,20). The number of amides is 2. The second-order valence-corrected chi connectivity index (χ2v) is 5.47. The molecule has 1 aliphatic rings. The lowest BCUT2D eigenvalue weighted by Gasteiger charge is -2.24. The molecule has 0 aliphatic carbocycles. The minimum atomic E-state index is -1.10. The number of halogens is 1. The van der Waals surface area contributed by atoms with Gasteiger partial charge in [-0.25, -0.2) is 9.18 Å². The summed E-state index contributed by atoms with van der Waals surface area (Å²) in [4.78, 5) is 13.7. The fourth-order valence-corrected chi connectivity index (χ4v) is 2.46. The van der Waals surface area contributed by atoms with Crippen LogP contribution < -0.4 is 5.32 Å². The first-order valence-electron chi connectivity index (χ1n) is 7.13. The van der Waals surface area contributed by atoms with Gasteiger partial charge in [-0.2, -0.15) is 0 Å². The number of aliphatic hydroxyl groups excluding tert-OH is 1. The number of hydrogen-bond donors (Lipinski definition) is 3. The Kier molecular flexibility index (Phi) is 5.14. The summed E-state index contributed by atoms with van der Waals surface area (Å²) in [5.41, 5.74) is -0.659. The van der Waals surface area contributed by atoms with Gasteiger partial charge in [0.05, 0.1) is 12.2 Å². The zero-order valence-corrected chi connectivity index (χ0v) is 11.9. The highest BCUT2D eigenvalue weighted by atomic mass is 19.1. The quantitative estimate of drug-likeness (QED) is 0.786. The lowest BCUT2D eigenvalue weighted by atomic mass is 9.96. The molecule has 0 radical (unpaired) electrons. The molecule has 2 amide bonds. The molecule has 1 aromatic rings. The van der Waals surface area contributed by atoms with Crippen molar-refractivity contribution in [1.29, 1.82) is 0 Å². The molecular weight excluding hydrogens is 275 g/mol. The van der Waals surface area contributed by atoms with Crippen molar-refractivity contribution in [1.82, 2.24) is 10.2 Å². The molecular formula is C15H21FN2O3. The molecule has 1 heterocycles. The second kappa shape index (κ2) is 6.87. The minimum absolute atomic E-state index is 0.131. The van der Waals surface area contributed by atoms with Gasteiger partial charge in [-0.05, 0) is 25.3 Å². The Balaban J connectivity index is 1.88. The number of aliphatic hydroxyl groups is 2. The number of nitrogens with one attached hydrogen (secondary N) is 1. The monoisotopic (exact) mass is 296 g/mol. The van der Waals surface area contributed by atoms with Crippen molar-refractivity contribution >= 4 is 6.03 Å². The van der Waals surface area contributed by atoms with Crippen LogP contribution in [-0.2, 0) is 6.54 Å². The largest absolute Gasteiger partial charge is 0.393 e. The van der Waals surface area contributed by atoms with E-state index >= 15 is 0 Å². The van der Waals surface area contributed by atoms with Crippen molar-refractivity contribution in [3.63, 3.8) is 0 Å². The molecule has 0 aromatic heterocycles. The molecule has 1 aliphatic heterocycles. The third kappa shape index (κ3) is 4.15. The van der Waals surface area contributed by atoms with Gasteiger partial charge in [0, 0.05) is 25.2 Å². The van der Waals surface area contributed by atoms with Gasteiger partial charge in [-0.1, -0.05) is 18.2 Å². The van der Waals surface area contributed by atoms with E-state index in [4.69, 9.17) is 0 Å². The predicted octanol–water partition coefficient (Wildman–Crippen LogP) is 1.24. The molecule has 0 bridgehead atoms. The predicted molar refractivity (Wildman–Crippen MR) is 76.1 cm³/mol. The molecule has 1 saturated heterocycles. The topological polar surface area (TPSA) is 72.8 Å². The number of carbonyl (C=O) groups is 1. The lowest BCUT2D eigenvalue weighted by molar-refractivity contribution is -0.0248. The molecule has 5 nitrogen and oxygen atoms in total. The first-order chi connectivity index (χ1) is 10.0. The fraction of sp³-hybridized carbons (Fsp3) is 0.533. The van der Waals surface area contributed by atoms with Crippen LogP contribution in [0, 0.1) is 5.82 Å². The fourth-order valence-electron chi connectivity index (χ4n) is 2.46. The summed E-state index contributed by atoms with van der Waals surface area (Å²) in [6, 6.07) is 6.03. The van der Waals surface area contributed by atoms with Crippen LogP contribution in [0.3, 0.4) is 0 Å². The molecule has 0 saturated carbocycles. The van der Waals surface area contributed by atoms with Gasteiger partial charge in [-0.15, -0.1) is 0 Å². The van der Waals surface area contributed by atoms with Crippen molar-refractivity contribution < 1.29 is 19.4 Å². The summed E-state index contributed by atoms with van der Waals surface area (Å²) < 4.78 is 13.5. The number of carbonyl (C=O) groups excluding carboxylic acids is 1. The summed E-state index contributed by atoms with van der Waals surface area (Å²) in [6.45, 7) is 0.732. The number of hydrogen-bond acceptors (Lipinski definition) is 3. The van der Waals surface area contributed by atoms with Crippen LogP contribution >= 0.6 is 0 Å². The van der Waals surface area contributed by atoms with Crippen LogP contribution in [-0.4, -0.2) is 46.4 Å². The Labute approximate surface area is 123 Å². The number of benzene rings is 1. The second-order valence-electron chi connectivity index (χ2n) is 5.47. The molecule has 2 rings (SSSR count). The lowest BCUT2D eigenvalue weighted by Crippen LogP contribution is -2.41. The average molecular weight is 296 g/mol. The van der Waals surface area contributed by atoms with Crippen LogP contribution in [0.1, 0.15) is 24.8 Å². The van der Waals surface area contributed by atoms with E-state index in [-0.39, 0.29) is 25.0 Å². The highest BCUT2D eigenvalue weighted by Gasteiger charge is 2.30. The van der Waals surface area contributed by atoms with Gasteiger partial charge in [0.1, 0.15) is 5.82 Å². The normalized spacial score (nSPS) is 22.7. The third-order valence-electron chi connectivity index (χ3n) is 3.89. The molecule has 1 aromatic carbocycles. The molecule has 0 spiro atoms. The summed E-state index contributed by atoms with van der Waals surface area (Å²) in [5, 5.41) is 21.9. The van der Waals surface area contributed by atoms with Crippen molar-refractivity contribution in [2.24, 2.45) is 0 Å². The molecule has 6 heteroatoms. The number of urea groups is 1. The molecule has 21 heavy (non-hydrogen) atoms. The van der Waals surface area contributed by atoms with Gasteiger partial charge >= 0.3 is 6.03 Å². The van der Waals surface area contributed by atoms with Crippen LogP contribution in [0.2, 0.25) is 0 Å². The summed E-state index contributed by atoms with van der Waals surface area (Å²) >= 11 is 0. The molecule has 1 fully saturated rings. The van der Waals surface area contributed by atoms with Gasteiger partial charge in [0.2, 0.25) is 0 Å². The van der Waals surface area contributed by atoms with Crippen LogP contribution in [0.4, 0.5) is 9.18 Å². The Bertz CT molecular complexity index is 498. The number of likely N-dealkylation sites (tertiary alicyclic amines) is 1. The van der Waals surface area contributed by atoms with E-state index in [1.807, 2.05) is 0 Å². The maximum Gasteiger partial charge on any atom is 0.317 e. The Morgan fingerprint density at radius 2 is 2.10 bits per heavy atom. The molecule has 1 atom stereocenters. The molecule has 1 unspecified atom stereocenters. The Morgan fingerprint density at radius 1 is 1.33 bits per heavy atom. The first kappa shape index (κ1) is 15.7. The van der Waals surface area contributed by atoms with Crippen molar-refractivity contribution in [2.75, 3.05) is 19.7 Å². The van der Waals surface area contributed by atoms with E-state index in [9.17, 15) is 19.4 Å². The zero-order valence-electron chi connectivity index (χ0n) is 11.9. The smallest absolute Gasteiger partial charge is 0.317 e. The first-order valence-corrected chi connectivity index (χ1v) is 7.13. The highest BCUT2D eigenvalue weighted by Crippen LogP contribution is 2.21. The SMILES string of the molecule is O=C(NCc1ccccc1F)N1CCCC(O)(CO)CC1. The van der Waals surface area contributed by atoms with Crippen LogP contribution in [0.15, 0.2) is 24.3 Å². The Morgan fingerprint density at radius 3 is 2.81 bits per heavy atom. The third-order valence-corrected chi connectivity index (χ3v) is 3.89. The van der Waals surface area contributed by atoms with Gasteiger partial charge in [0.15, 0.2) is 0 Å². The molecule has 116 valence electrons. The van der Waals surface area contributed by atoms with E-state index in [1.165, 1.54) is 6.07 Å². The van der Waals surface area contributed by atoms with Crippen LogP contribution in [0.5, 0.6) is 0 Å². The van der Waals surface area contributed by atoms with E-state index < -0.39 is 5.60 Å². The minimum Gasteiger partial charge on any atom is -0.393 e. The van der Waals surface area contributed by atoms with Gasteiger partial charge < -0.3 is 20.4 Å². The maximum absolute atomic E-state index is 13.5. The van der Waals surface area contributed by atoms with E-state index in [1.54, 1.807) is 23.1 Å². The summed E-state index contributed by atoms with van der Waals surface area (Å²) in [6.07, 6.45) is 1.45. The van der Waals surface area contributed by atoms with Crippen LogP contribution in [0.25, 0.3) is 0 Å². The van der Waals surface area contributed by atoms with Crippen molar-refractivity contribution in [3.05, 3.63) is 35.6 Å². The zero-order chi connectivity index (χ0) is 15.3. The number of rotatable bonds is 3. The Hall–Kier alpha value is -1.66. The van der Waals surface area contributed by atoms with E-state index in [2.05, 4.69) is 5.32 Å². The maximum atomic E-state index is 13.5. The number of nitrogens with zero attached hydrogens (tertiary/aromatic N) is 1. The van der Waals surface area contributed by atoms with Crippen molar-refractivity contribution in [3.8, 4) is 0 Å². The van der Waals surface area contributed by atoms with Gasteiger partial charge in [-0.3, -0.25) is 0 Å². The summed E-state index contributed by atoms with van der Waals surface area (Å²) in [5.74, 6) is -0.344. The molecule has 3 N–H and O–H groups in total.